The van der Waals surface area contributed by atoms with Gasteiger partial charge in [0.2, 0.25) is 0 Å². The molecule has 0 bridgehead atoms. The Hall–Kier alpha value is -0.940. The van der Waals surface area contributed by atoms with E-state index in [0.717, 1.165) is 12.8 Å². The van der Waals surface area contributed by atoms with Crippen molar-refractivity contribution in [2.45, 2.75) is 40.5 Å². The molecule has 0 amide bonds. The van der Waals surface area contributed by atoms with E-state index < -0.39 is 17.2 Å². The van der Waals surface area contributed by atoms with E-state index in [2.05, 4.69) is 64.1 Å². The molecule has 2 aromatic carbocycles. The second-order valence-corrected chi connectivity index (χ2v) is 11.6. The van der Waals surface area contributed by atoms with E-state index in [1.807, 2.05) is 0 Å². The second kappa shape index (κ2) is 11.7. The van der Waals surface area contributed by atoms with Crippen LogP contribution in [0.5, 0.6) is 0 Å². The fraction of sp³-hybridized carbons (Fsp3) is 0.520. The predicted molar refractivity (Wildman–Crippen MR) is 131 cm³/mol. The van der Waals surface area contributed by atoms with Crippen molar-refractivity contribution in [1.29, 1.82) is 0 Å². The van der Waals surface area contributed by atoms with Gasteiger partial charge in [-0.15, -0.1) is 0 Å². The van der Waals surface area contributed by atoms with E-state index in [4.69, 9.17) is 27.1 Å². The molecule has 0 aliphatic carbocycles. The van der Waals surface area contributed by atoms with Crippen LogP contribution < -0.4 is 0 Å². The Morgan fingerprint density at radius 3 is 1.27 bits per heavy atom. The molecule has 0 unspecified atom stereocenters. The van der Waals surface area contributed by atoms with E-state index >= 15 is 0 Å². The smallest absolute Gasteiger partial charge is 0.312 e. The fourth-order valence-electron chi connectivity index (χ4n) is 4.13. The van der Waals surface area contributed by atoms with Crippen LogP contribution in [0.1, 0.15) is 33.4 Å². The zero-order valence-electron chi connectivity index (χ0n) is 20.0. The Morgan fingerprint density at radius 1 is 0.606 bits per heavy atom. The molecule has 6 nitrogen and oxygen atoms in total. The van der Waals surface area contributed by atoms with Gasteiger partial charge >= 0.3 is 17.2 Å². The maximum absolute atomic E-state index is 5.88. The van der Waals surface area contributed by atoms with Crippen molar-refractivity contribution in [1.82, 2.24) is 0 Å². The van der Waals surface area contributed by atoms with Gasteiger partial charge in [0.1, 0.15) is 0 Å². The van der Waals surface area contributed by atoms with E-state index in [1.54, 1.807) is 0 Å². The second-order valence-electron chi connectivity index (χ2n) is 9.20. The van der Waals surface area contributed by atoms with E-state index in [0.29, 0.717) is 39.6 Å². The molecule has 0 saturated carbocycles. The highest BCUT2D eigenvalue weighted by Crippen LogP contribution is 2.53. The minimum Gasteiger partial charge on any atom is -0.312 e. The van der Waals surface area contributed by atoms with Crippen LogP contribution in [0.3, 0.4) is 0 Å². The van der Waals surface area contributed by atoms with E-state index in [9.17, 15) is 0 Å². The Bertz CT molecular complexity index is 802. The minimum atomic E-state index is -1.32. The van der Waals surface area contributed by atoms with Gasteiger partial charge < -0.3 is 27.1 Å². The van der Waals surface area contributed by atoms with Crippen molar-refractivity contribution in [2.24, 2.45) is 5.41 Å². The van der Waals surface area contributed by atoms with Crippen LogP contribution in [0, 0.1) is 33.1 Å². The Balaban J connectivity index is 1.13. The Kier molecular flexibility index (Phi) is 8.89. The molecule has 0 atom stereocenters. The molecular weight excluding hydrogens is 458 g/mol. The topological polar surface area (TPSA) is 55.4 Å². The molecule has 0 radical (unpaired) electrons. The molecule has 0 N–H and O–H groups in total. The highest BCUT2D eigenvalue weighted by Gasteiger charge is 2.43. The zero-order valence-corrected chi connectivity index (χ0v) is 21.8. The van der Waals surface area contributed by atoms with Gasteiger partial charge in [-0.05, 0) is 51.7 Å². The minimum absolute atomic E-state index is 0.286. The summed E-state index contributed by atoms with van der Waals surface area (Å²) >= 11 is 0. The molecule has 2 aliphatic heterocycles. The van der Waals surface area contributed by atoms with Gasteiger partial charge in [-0.2, -0.15) is 0 Å². The molecule has 180 valence electrons. The Morgan fingerprint density at radius 2 is 0.939 bits per heavy atom. The van der Waals surface area contributed by atoms with Gasteiger partial charge in [0.05, 0.1) is 45.1 Å². The molecule has 2 saturated heterocycles. The van der Waals surface area contributed by atoms with Gasteiger partial charge in [0.15, 0.2) is 0 Å². The number of benzene rings is 2. The number of hydrogen-bond acceptors (Lipinski definition) is 6. The van der Waals surface area contributed by atoms with E-state index in [-0.39, 0.29) is 5.41 Å². The summed E-state index contributed by atoms with van der Waals surface area (Å²) in [5.74, 6) is 0. The third-order valence-corrected chi connectivity index (χ3v) is 7.79. The molecule has 2 aromatic rings. The molecule has 2 aliphatic rings. The van der Waals surface area contributed by atoms with Crippen molar-refractivity contribution < 1.29 is 27.1 Å². The first-order chi connectivity index (χ1) is 15.9. The summed E-state index contributed by atoms with van der Waals surface area (Å²) < 4.78 is 35.2. The number of hydrogen-bond donors (Lipinski definition) is 0. The lowest BCUT2D eigenvalue weighted by atomic mass is 9.93. The third-order valence-electron chi connectivity index (χ3n) is 5.64. The van der Waals surface area contributed by atoms with Crippen molar-refractivity contribution in [2.75, 3.05) is 39.6 Å². The molecule has 0 aromatic heterocycles. The summed E-state index contributed by atoms with van der Waals surface area (Å²) in [5.41, 5.74) is 7.35. The summed E-state index contributed by atoms with van der Waals surface area (Å²) in [7, 11) is -2.65. The highest BCUT2D eigenvalue weighted by atomic mass is 31.2. The van der Waals surface area contributed by atoms with Crippen LogP contribution in [0.4, 0.5) is 0 Å². The van der Waals surface area contributed by atoms with Crippen molar-refractivity contribution >= 4 is 17.2 Å². The Labute approximate surface area is 199 Å². The average Bonchev–Trinajstić information content (AvgIpc) is 2.75. The summed E-state index contributed by atoms with van der Waals surface area (Å²) in [6.07, 6.45) is 1.68. The van der Waals surface area contributed by atoms with Crippen LogP contribution in [-0.4, -0.2) is 39.6 Å². The summed E-state index contributed by atoms with van der Waals surface area (Å²) in [5, 5.41) is 0. The lowest BCUT2D eigenvalue weighted by molar-refractivity contribution is -0.0758. The quantitative estimate of drug-likeness (QED) is 0.405. The summed E-state index contributed by atoms with van der Waals surface area (Å²) in [6, 6.07) is 13.1. The first-order valence-electron chi connectivity index (χ1n) is 11.4. The maximum Gasteiger partial charge on any atom is 0.332 e. The SMILES string of the molecule is Cc1cc(C)cc(CCOP2OCC3(CO2)COP(OCCc2cc(C)cc(C)c2)OC3)c1. The molecule has 8 heteroatoms. The third kappa shape index (κ3) is 7.52. The molecule has 4 rings (SSSR count). The summed E-state index contributed by atoms with van der Waals surface area (Å²) in [6.45, 7) is 11.6. The van der Waals surface area contributed by atoms with Crippen LogP contribution in [0.15, 0.2) is 36.4 Å². The highest BCUT2D eigenvalue weighted by molar-refractivity contribution is 7.42. The fourth-order valence-corrected chi connectivity index (χ4v) is 6.58. The summed E-state index contributed by atoms with van der Waals surface area (Å²) in [4.78, 5) is 0. The van der Waals surface area contributed by atoms with E-state index in [1.165, 1.54) is 33.4 Å². The first-order valence-corrected chi connectivity index (χ1v) is 13.6. The van der Waals surface area contributed by atoms with Gasteiger partial charge in [-0.25, -0.2) is 0 Å². The van der Waals surface area contributed by atoms with Crippen LogP contribution >= 0.6 is 17.2 Å². The van der Waals surface area contributed by atoms with Crippen molar-refractivity contribution in [3.63, 3.8) is 0 Å². The monoisotopic (exact) mass is 492 g/mol. The molecule has 2 heterocycles. The first kappa shape index (κ1) is 25.2. The van der Waals surface area contributed by atoms with Gasteiger partial charge in [-0.3, -0.25) is 0 Å². The van der Waals surface area contributed by atoms with Crippen LogP contribution in [0.25, 0.3) is 0 Å². The van der Waals surface area contributed by atoms with Crippen LogP contribution in [-0.2, 0) is 40.0 Å². The standard InChI is InChI=1S/C25H34O6P2/c1-19-9-20(2)12-23(11-19)5-7-26-32-28-15-25(16-29-32)17-30-33(31-18-25)27-8-6-24-13-21(3)10-22(4)14-24/h9-14H,5-8,15-18H2,1-4H3. The number of rotatable bonds is 8. The lowest BCUT2D eigenvalue weighted by Gasteiger charge is -2.41. The maximum atomic E-state index is 5.88. The number of aryl methyl sites for hydroxylation is 4. The zero-order chi connectivity index (χ0) is 23.3. The molecule has 33 heavy (non-hydrogen) atoms. The van der Waals surface area contributed by atoms with Crippen molar-refractivity contribution in [3.05, 3.63) is 69.8 Å². The van der Waals surface area contributed by atoms with Crippen molar-refractivity contribution in [3.8, 4) is 0 Å². The largest absolute Gasteiger partial charge is 0.332 e. The predicted octanol–water partition coefficient (Wildman–Crippen LogP) is 6.27. The average molecular weight is 492 g/mol. The van der Waals surface area contributed by atoms with Gasteiger partial charge in [0.25, 0.3) is 0 Å². The molecular formula is C25H34O6P2. The normalized spacial score (nSPS) is 25.5. The van der Waals surface area contributed by atoms with Gasteiger partial charge in [-0.1, -0.05) is 58.7 Å². The van der Waals surface area contributed by atoms with Gasteiger partial charge in [0, 0.05) is 0 Å². The van der Waals surface area contributed by atoms with Crippen LogP contribution in [0.2, 0.25) is 0 Å². The molecule has 2 fully saturated rings. The lowest BCUT2D eigenvalue weighted by Crippen LogP contribution is -2.44. The molecule has 1 spiro atoms.